The lowest BCUT2D eigenvalue weighted by atomic mass is 10.2. The van der Waals surface area contributed by atoms with Crippen molar-refractivity contribution in [1.82, 2.24) is 15.3 Å². The second kappa shape index (κ2) is 6.54. The van der Waals surface area contributed by atoms with Gasteiger partial charge in [0.25, 0.3) is 0 Å². The maximum Gasteiger partial charge on any atom is 0.225 e. The number of aromatic nitrogens is 2. The zero-order valence-corrected chi connectivity index (χ0v) is 11.2. The first kappa shape index (κ1) is 13.1. The van der Waals surface area contributed by atoms with Crippen LogP contribution in [0.15, 0.2) is 12.4 Å². The summed E-state index contributed by atoms with van der Waals surface area (Å²) in [6, 6.07) is 0.572. The molecule has 1 fully saturated rings. The van der Waals surface area contributed by atoms with Crippen molar-refractivity contribution in [2.24, 2.45) is 0 Å². The van der Waals surface area contributed by atoms with Crippen LogP contribution in [0.2, 0.25) is 0 Å². The molecule has 0 spiro atoms. The third kappa shape index (κ3) is 3.32. The Hall–Kier alpha value is -1.36. The van der Waals surface area contributed by atoms with Gasteiger partial charge in [0.15, 0.2) is 5.75 Å². The molecule has 5 heteroatoms. The van der Waals surface area contributed by atoms with Crippen molar-refractivity contribution in [3.8, 4) is 5.75 Å². The van der Waals surface area contributed by atoms with E-state index in [1.165, 1.54) is 12.8 Å². The van der Waals surface area contributed by atoms with Crippen molar-refractivity contribution < 1.29 is 4.74 Å². The summed E-state index contributed by atoms with van der Waals surface area (Å²) in [5.41, 5.74) is 0. The maximum absolute atomic E-state index is 5.09. The SMILES string of the molecule is CCCN(CC1CCCN1)c1ncc(OC)cn1. The lowest BCUT2D eigenvalue weighted by Crippen LogP contribution is -2.38. The molecule has 0 saturated carbocycles. The topological polar surface area (TPSA) is 50.3 Å². The predicted molar refractivity (Wildman–Crippen MR) is 72.1 cm³/mol. The summed E-state index contributed by atoms with van der Waals surface area (Å²) in [7, 11) is 1.63. The van der Waals surface area contributed by atoms with Gasteiger partial charge in [0.2, 0.25) is 5.95 Å². The van der Waals surface area contributed by atoms with E-state index in [4.69, 9.17) is 4.74 Å². The summed E-state index contributed by atoms with van der Waals surface area (Å²) < 4.78 is 5.09. The maximum atomic E-state index is 5.09. The molecule has 0 bridgehead atoms. The first-order valence-corrected chi connectivity index (χ1v) is 6.68. The highest BCUT2D eigenvalue weighted by molar-refractivity contribution is 5.31. The molecule has 0 aromatic carbocycles. The van der Waals surface area contributed by atoms with Crippen LogP contribution >= 0.6 is 0 Å². The molecule has 2 rings (SSSR count). The lowest BCUT2D eigenvalue weighted by Gasteiger charge is -2.25. The molecule has 1 unspecified atom stereocenters. The molecule has 100 valence electrons. The molecule has 1 aromatic rings. The van der Waals surface area contributed by atoms with Gasteiger partial charge in [-0.1, -0.05) is 6.92 Å². The molecular formula is C13H22N4O. The van der Waals surface area contributed by atoms with E-state index < -0.39 is 0 Å². The number of hydrogen-bond donors (Lipinski definition) is 1. The van der Waals surface area contributed by atoms with Gasteiger partial charge in [-0.05, 0) is 25.8 Å². The first-order valence-electron chi connectivity index (χ1n) is 6.68. The van der Waals surface area contributed by atoms with Crippen molar-refractivity contribution in [1.29, 1.82) is 0 Å². The Labute approximate surface area is 109 Å². The van der Waals surface area contributed by atoms with Gasteiger partial charge in [-0.3, -0.25) is 0 Å². The van der Waals surface area contributed by atoms with Crippen LogP contribution in [0.25, 0.3) is 0 Å². The quantitative estimate of drug-likeness (QED) is 0.828. The van der Waals surface area contributed by atoms with Crippen LogP contribution in [0.3, 0.4) is 0 Å². The van der Waals surface area contributed by atoms with Crippen LogP contribution in [0.1, 0.15) is 26.2 Å². The molecule has 5 nitrogen and oxygen atoms in total. The molecule has 1 aliphatic rings. The number of hydrogen-bond acceptors (Lipinski definition) is 5. The fourth-order valence-electron chi connectivity index (χ4n) is 2.30. The highest BCUT2D eigenvalue weighted by Gasteiger charge is 2.19. The summed E-state index contributed by atoms with van der Waals surface area (Å²) in [5, 5.41) is 3.52. The van der Waals surface area contributed by atoms with E-state index in [0.29, 0.717) is 11.8 Å². The second-order valence-electron chi connectivity index (χ2n) is 4.66. The first-order chi connectivity index (χ1) is 8.83. The summed E-state index contributed by atoms with van der Waals surface area (Å²) in [4.78, 5) is 11.0. The number of nitrogens with zero attached hydrogens (tertiary/aromatic N) is 3. The molecule has 0 aliphatic carbocycles. The summed E-state index contributed by atoms with van der Waals surface area (Å²) >= 11 is 0. The minimum atomic E-state index is 0.572. The second-order valence-corrected chi connectivity index (χ2v) is 4.66. The summed E-state index contributed by atoms with van der Waals surface area (Å²) in [6.45, 7) is 5.29. The Balaban J connectivity index is 2.02. The van der Waals surface area contributed by atoms with Gasteiger partial charge in [0.05, 0.1) is 19.5 Å². The fourth-order valence-corrected chi connectivity index (χ4v) is 2.30. The molecule has 18 heavy (non-hydrogen) atoms. The van der Waals surface area contributed by atoms with Crippen LogP contribution in [-0.2, 0) is 0 Å². The van der Waals surface area contributed by atoms with E-state index in [9.17, 15) is 0 Å². The average molecular weight is 250 g/mol. The van der Waals surface area contributed by atoms with Crippen LogP contribution in [0.4, 0.5) is 5.95 Å². The Morgan fingerprint density at radius 3 is 2.78 bits per heavy atom. The predicted octanol–water partition coefficient (Wildman–Crippen LogP) is 1.45. The number of anilines is 1. The van der Waals surface area contributed by atoms with Crippen molar-refractivity contribution in [3.05, 3.63) is 12.4 Å². The molecule has 1 aliphatic heterocycles. The minimum absolute atomic E-state index is 0.572. The van der Waals surface area contributed by atoms with Gasteiger partial charge in [0, 0.05) is 19.1 Å². The molecule has 2 heterocycles. The van der Waals surface area contributed by atoms with E-state index in [0.717, 1.165) is 32.0 Å². The van der Waals surface area contributed by atoms with Crippen LogP contribution in [0, 0.1) is 0 Å². The number of methoxy groups -OCH3 is 1. The Morgan fingerprint density at radius 2 is 2.22 bits per heavy atom. The highest BCUT2D eigenvalue weighted by Crippen LogP contribution is 2.14. The van der Waals surface area contributed by atoms with Gasteiger partial charge >= 0.3 is 0 Å². The Morgan fingerprint density at radius 1 is 1.44 bits per heavy atom. The molecule has 1 aromatic heterocycles. The third-order valence-electron chi connectivity index (χ3n) is 3.23. The van der Waals surface area contributed by atoms with Crippen molar-refractivity contribution >= 4 is 5.95 Å². The highest BCUT2D eigenvalue weighted by atomic mass is 16.5. The van der Waals surface area contributed by atoms with Crippen LogP contribution < -0.4 is 15.0 Å². The van der Waals surface area contributed by atoms with Gasteiger partial charge in [-0.2, -0.15) is 0 Å². The van der Waals surface area contributed by atoms with E-state index in [-0.39, 0.29) is 0 Å². The molecule has 1 atom stereocenters. The molecular weight excluding hydrogens is 228 g/mol. The fraction of sp³-hybridized carbons (Fsp3) is 0.692. The standard InChI is InChI=1S/C13H22N4O/c1-3-7-17(10-11-5-4-6-14-11)13-15-8-12(18-2)9-16-13/h8-9,11,14H,3-7,10H2,1-2H3. The third-order valence-corrected chi connectivity index (χ3v) is 3.23. The largest absolute Gasteiger partial charge is 0.494 e. The summed E-state index contributed by atoms with van der Waals surface area (Å²) in [6.07, 6.45) is 7.08. The van der Waals surface area contributed by atoms with Crippen LogP contribution in [0.5, 0.6) is 5.75 Å². The van der Waals surface area contributed by atoms with E-state index in [1.54, 1.807) is 19.5 Å². The zero-order valence-electron chi connectivity index (χ0n) is 11.2. The normalized spacial score (nSPS) is 18.9. The van der Waals surface area contributed by atoms with Crippen LogP contribution in [-0.4, -0.2) is 42.8 Å². The van der Waals surface area contributed by atoms with Gasteiger partial charge in [0.1, 0.15) is 0 Å². The molecule has 1 N–H and O–H groups in total. The molecule has 0 radical (unpaired) electrons. The van der Waals surface area contributed by atoms with E-state index in [1.807, 2.05) is 0 Å². The number of nitrogens with one attached hydrogen (secondary N) is 1. The van der Waals surface area contributed by atoms with Crippen molar-refractivity contribution in [2.45, 2.75) is 32.2 Å². The molecule has 1 saturated heterocycles. The van der Waals surface area contributed by atoms with Gasteiger partial charge in [-0.25, -0.2) is 9.97 Å². The van der Waals surface area contributed by atoms with Crippen molar-refractivity contribution in [3.63, 3.8) is 0 Å². The Kier molecular flexibility index (Phi) is 4.75. The smallest absolute Gasteiger partial charge is 0.225 e. The van der Waals surface area contributed by atoms with Crippen molar-refractivity contribution in [2.75, 3.05) is 31.6 Å². The monoisotopic (exact) mass is 250 g/mol. The number of ether oxygens (including phenoxy) is 1. The van der Waals surface area contributed by atoms with Gasteiger partial charge < -0.3 is 15.0 Å². The minimum Gasteiger partial charge on any atom is -0.494 e. The van der Waals surface area contributed by atoms with E-state index >= 15 is 0 Å². The van der Waals surface area contributed by atoms with Gasteiger partial charge in [-0.15, -0.1) is 0 Å². The average Bonchev–Trinajstić information content (AvgIpc) is 2.91. The van der Waals surface area contributed by atoms with E-state index in [2.05, 4.69) is 27.1 Å². The lowest BCUT2D eigenvalue weighted by molar-refractivity contribution is 0.410. The molecule has 0 amide bonds. The summed E-state index contributed by atoms with van der Waals surface area (Å²) in [5.74, 6) is 1.50. The Bertz CT molecular complexity index is 349. The number of rotatable bonds is 6. The zero-order chi connectivity index (χ0) is 12.8.